The summed E-state index contributed by atoms with van der Waals surface area (Å²) in [7, 11) is 0. The molecule has 0 heterocycles. The van der Waals surface area contributed by atoms with Gasteiger partial charge < -0.3 is 27.0 Å². The van der Waals surface area contributed by atoms with Gasteiger partial charge in [0.1, 0.15) is 0 Å². The Kier molecular flexibility index (Phi) is 11.0. The molecule has 0 aliphatic heterocycles. The van der Waals surface area contributed by atoms with Gasteiger partial charge in [0.15, 0.2) is 0 Å². The van der Waals surface area contributed by atoms with E-state index in [2.05, 4.69) is 21.3 Å². The monoisotopic (exact) mass is 551 g/mol. The van der Waals surface area contributed by atoms with Gasteiger partial charge in [-0.1, -0.05) is 12.1 Å². The Morgan fingerprint density at radius 1 is 0.675 bits per heavy atom. The molecular weight excluding hydrogens is 506 g/mol. The molecule has 0 bridgehead atoms. The molecule has 0 aliphatic carbocycles. The highest BCUT2D eigenvalue weighted by Crippen LogP contribution is 2.18. The van der Waals surface area contributed by atoms with Gasteiger partial charge in [0.2, 0.25) is 0 Å². The van der Waals surface area contributed by atoms with Gasteiger partial charge in [-0.3, -0.25) is 19.2 Å². The van der Waals surface area contributed by atoms with Gasteiger partial charge in [-0.25, -0.2) is 0 Å². The third kappa shape index (κ3) is 10.8. The van der Waals surface area contributed by atoms with E-state index in [-0.39, 0.29) is 41.8 Å². The summed E-state index contributed by atoms with van der Waals surface area (Å²) in [6.45, 7) is 15.1. The van der Waals surface area contributed by atoms with E-state index >= 15 is 0 Å². The minimum Gasteiger partial charge on any atom is -0.350 e. The van der Waals surface area contributed by atoms with E-state index in [9.17, 15) is 19.2 Å². The van der Waals surface area contributed by atoms with Gasteiger partial charge in [-0.2, -0.15) is 0 Å². The van der Waals surface area contributed by atoms with Crippen LogP contribution in [0.5, 0.6) is 0 Å². The third-order valence-electron chi connectivity index (χ3n) is 6.01. The second-order valence-corrected chi connectivity index (χ2v) is 12.3. The van der Waals surface area contributed by atoms with Crippen LogP contribution in [0.2, 0.25) is 0 Å². The van der Waals surface area contributed by atoms with E-state index in [1.165, 1.54) is 0 Å². The van der Waals surface area contributed by atoms with Crippen molar-refractivity contribution in [2.24, 2.45) is 5.73 Å². The molecule has 9 heteroatoms. The molecule has 0 spiro atoms. The minimum atomic E-state index is -0.523. The molecule has 40 heavy (non-hydrogen) atoms. The Morgan fingerprint density at radius 2 is 1.05 bits per heavy atom. The summed E-state index contributed by atoms with van der Waals surface area (Å²) < 4.78 is 0. The summed E-state index contributed by atoms with van der Waals surface area (Å²) in [4.78, 5) is 50.8. The molecule has 0 radical (unpaired) electrons. The quantitative estimate of drug-likeness (QED) is 0.273. The average Bonchev–Trinajstić information content (AvgIpc) is 2.81. The predicted molar refractivity (Wildman–Crippen MR) is 158 cm³/mol. The van der Waals surface area contributed by atoms with Crippen LogP contribution < -0.4 is 27.0 Å². The molecule has 0 saturated heterocycles. The van der Waals surface area contributed by atoms with Crippen LogP contribution in [0.15, 0.2) is 48.5 Å². The van der Waals surface area contributed by atoms with Gasteiger partial charge >= 0.3 is 0 Å². The summed E-state index contributed by atoms with van der Waals surface area (Å²) >= 11 is 0. The number of hydrogen-bond acceptors (Lipinski definition) is 5. The first-order valence-electron chi connectivity index (χ1n) is 13.7. The molecule has 0 fully saturated rings. The first kappa shape index (κ1) is 32.5. The van der Waals surface area contributed by atoms with Crippen LogP contribution in [0, 0.1) is 0 Å². The Bertz CT molecular complexity index is 1220. The number of benzene rings is 2. The maximum absolute atomic E-state index is 12.9. The summed E-state index contributed by atoms with van der Waals surface area (Å²) in [5.41, 5.74) is 6.70. The molecule has 0 saturated carbocycles. The van der Waals surface area contributed by atoms with E-state index in [0.717, 1.165) is 0 Å². The van der Waals surface area contributed by atoms with E-state index in [0.29, 0.717) is 35.1 Å². The molecule has 218 valence electrons. The number of amides is 4. The number of nitrogens with two attached hydrogens (primary N) is 1. The summed E-state index contributed by atoms with van der Waals surface area (Å²) in [5, 5.41) is 11.7. The molecular formula is C31H45N5O4. The largest absolute Gasteiger partial charge is 0.350 e. The zero-order valence-electron chi connectivity index (χ0n) is 25.0. The predicted octanol–water partition coefficient (Wildman–Crippen LogP) is 3.79. The van der Waals surface area contributed by atoms with E-state index in [1.807, 2.05) is 55.4 Å². The van der Waals surface area contributed by atoms with Crippen LogP contribution >= 0.6 is 0 Å². The fraction of sp³-hybridized carbons (Fsp3) is 0.484. The van der Waals surface area contributed by atoms with Crippen molar-refractivity contribution in [2.45, 2.75) is 97.4 Å². The van der Waals surface area contributed by atoms with Crippen LogP contribution in [0.1, 0.15) is 110 Å². The van der Waals surface area contributed by atoms with E-state index < -0.39 is 11.1 Å². The Balaban J connectivity index is 1.95. The Labute approximate surface area is 238 Å². The number of carbonyl (C=O) groups is 4. The summed E-state index contributed by atoms with van der Waals surface area (Å²) in [5.74, 6) is -1.13. The molecule has 2 atom stereocenters. The smallest absolute Gasteiger partial charge is 0.251 e. The number of hydrogen-bond donors (Lipinski definition) is 5. The van der Waals surface area contributed by atoms with Crippen molar-refractivity contribution >= 4 is 23.6 Å². The highest BCUT2D eigenvalue weighted by molar-refractivity contribution is 6.00. The molecule has 6 N–H and O–H groups in total. The minimum absolute atomic E-state index is 0.0116. The SMILES string of the molecule is CC(C)NC(=O)c1cccc(C(=O)NC(C)CC(C)NC(=O)c2cccc(C(=O)NC(C)(C)CC(C)(C)N)c2)c1. The maximum Gasteiger partial charge on any atom is 0.251 e. The van der Waals surface area contributed by atoms with Gasteiger partial charge in [-0.15, -0.1) is 0 Å². The Morgan fingerprint density at radius 3 is 1.43 bits per heavy atom. The van der Waals surface area contributed by atoms with Crippen molar-refractivity contribution in [3.8, 4) is 0 Å². The second-order valence-electron chi connectivity index (χ2n) is 12.3. The van der Waals surface area contributed by atoms with Crippen LogP contribution in [-0.4, -0.2) is 52.8 Å². The fourth-order valence-electron chi connectivity index (χ4n) is 4.77. The van der Waals surface area contributed by atoms with Crippen molar-refractivity contribution < 1.29 is 19.2 Å². The molecule has 0 aliphatic rings. The molecule has 2 rings (SSSR count). The molecule has 4 amide bonds. The number of rotatable bonds is 12. The van der Waals surface area contributed by atoms with Crippen LogP contribution in [0.3, 0.4) is 0 Å². The van der Waals surface area contributed by atoms with Crippen molar-refractivity contribution in [3.05, 3.63) is 70.8 Å². The lowest BCUT2D eigenvalue weighted by molar-refractivity contribution is 0.0896. The van der Waals surface area contributed by atoms with Crippen molar-refractivity contribution in [1.29, 1.82) is 0 Å². The topological polar surface area (TPSA) is 142 Å². The molecule has 2 unspecified atom stereocenters. The van der Waals surface area contributed by atoms with Crippen molar-refractivity contribution in [2.75, 3.05) is 0 Å². The molecule has 2 aromatic rings. The molecule has 2 aromatic carbocycles. The van der Waals surface area contributed by atoms with Gasteiger partial charge in [0.25, 0.3) is 23.6 Å². The van der Waals surface area contributed by atoms with E-state index in [1.54, 1.807) is 48.5 Å². The highest BCUT2D eigenvalue weighted by atomic mass is 16.2. The average molecular weight is 552 g/mol. The van der Waals surface area contributed by atoms with Crippen LogP contribution in [-0.2, 0) is 0 Å². The molecule has 9 nitrogen and oxygen atoms in total. The normalized spacial score (nSPS) is 13.2. The lowest BCUT2D eigenvalue weighted by atomic mass is 9.87. The van der Waals surface area contributed by atoms with Gasteiger partial charge in [-0.05, 0) is 105 Å². The summed E-state index contributed by atoms with van der Waals surface area (Å²) in [6, 6.07) is 12.6. The fourth-order valence-corrected chi connectivity index (χ4v) is 4.77. The van der Waals surface area contributed by atoms with Gasteiger partial charge in [0, 0.05) is 51.5 Å². The number of carbonyl (C=O) groups excluding carboxylic acids is 4. The zero-order chi connectivity index (χ0) is 30.3. The summed E-state index contributed by atoms with van der Waals surface area (Å²) in [6.07, 6.45) is 1.06. The molecule has 0 aromatic heterocycles. The zero-order valence-corrected chi connectivity index (χ0v) is 25.0. The first-order valence-corrected chi connectivity index (χ1v) is 13.7. The van der Waals surface area contributed by atoms with Crippen molar-refractivity contribution in [3.63, 3.8) is 0 Å². The standard InChI is InChI=1S/C31H45N5O4/c1-19(2)33-26(37)22-11-9-12-23(16-22)27(38)34-20(3)15-21(4)35-28(39)24-13-10-14-25(17-24)29(40)36-31(7,8)18-30(5,6)32/h9-14,16-17,19-21H,15,18,32H2,1-8H3,(H,33,37)(H,34,38)(H,35,39)(H,36,40). The lowest BCUT2D eigenvalue weighted by Gasteiger charge is -2.33. The lowest BCUT2D eigenvalue weighted by Crippen LogP contribution is -2.50. The highest BCUT2D eigenvalue weighted by Gasteiger charge is 2.28. The van der Waals surface area contributed by atoms with Gasteiger partial charge in [0.05, 0.1) is 0 Å². The van der Waals surface area contributed by atoms with E-state index in [4.69, 9.17) is 5.73 Å². The number of nitrogens with one attached hydrogen (secondary N) is 4. The maximum atomic E-state index is 12.9. The van der Waals surface area contributed by atoms with Crippen molar-refractivity contribution in [1.82, 2.24) is 21.3 Å². The second kappa shape index (κ2) is 13.6. The Hall–Kier alpha value is -3.72. The first-order chi connectivity index (χ1) is 18.5. The van der Waals surface area contributed by atoms with Crippen LogP contribution in [0.25, 0.3) is 0 Å². The third-order valence-corrected chi connectivity index (χ3v) is 6.01. The van der Waals surface area contributed by atoms with Crippen LogP contribution in [0.4, 0.5) is 0 Å².